The summed E-state index contributed by atoms with van der Waals surface area (Å²) in [5.74, 6) is 0.801. The Bertz CT molecular complexity index is 1380. The maximum Gasteiger partial charge on any atom is 0.256 e. The number of amides is 1. The van der Waals surface area contributed by atoms with Gasteiger partial charge in [-0.15, -0.1) is 5.10 Å². The third-order valence-electron chi connectivity index (χ3n) is 6.85. The molecule has 2 aliphatic rings. The van der Waals surface area contributed by atoms with Gasteiger partial charge in [0, 0.05) is 19.6 Å². The average molecular weight is 497 g/mol. The average Bonchev–Trinajstić information content (AvgIpc) is 3.48. The Morgan fingerprint density at radius 2 is 1.80 bits per heavy atom. The molecule has 2 aliphatic heterocycles. The zero-order valence-electron chi connectivity index (χ0n) is 20.5. The second-order valence-corrected chi connectivity index (χ2v) is 11.5. The molecule has 0 aliphatic carbocycles. The smallest absolute Gasteiger partial charge is 0.256 e. The first-order valence-corrected chi connectivity index (χ1v) is 14.1. The molecular formula is C25H32N6O3S. The van der Waals surface area contributed by atoms with Gasteiger partial charge >= 0.3 is 0 Å². The van der Waals surface area contributed by atoms with Gasteiger partial charge in [0.05, 0.1) is 35.4 Å². The number of anilines is 2. The van der Waals surface area contributed by atoms with Crippen LogP contribution < -0.4 is 9.62 Å². The molecule has 186 valence electrons. The number of carbonyl (C=O) groups is 1. The molecule has 9 nitrogen and oxygen atoms in total. The third kappa shape index (κ3) is 4.84. The van der Waals surface area contributed by atoms with E-state index in [4.69, 9.17) is 10.1 Å². The number of fused-ring (bicyclic) bond motifs is 1. The number of aromatic nitrogens is 3. The minimum Gasteiger partial charge on any atom is -0.355 e. The van der Waals surface area contributed by atoms with Gasteiger partial charge in [-0.05, 0) is 69.7 Å². The predicted octanol–water partition coefficient (Wildman–Crippen LogP) is 3.69. The number of benzene rings is 1. The van der Waals surface area contributed by atoms with Crippen molar-refractivity contribution in [3.8, 4) is 0 Å². The Morgan fingerprint density at radius 1 is 1.06 bits per heavy atom. The van der Waals surface area contributed by atoms with Crippen molar-refractivity contribution >= 4 is 33.1 Å². The van der Waals surface area contributed by atoms with Crippen LogP contribution in [0.4, 0.5) is 11.5 Å². The Morgan fingerprint density at radius 3 is 2.54 bits per heavy atom. The molecule has 2 saturated heterocycles. The van der Waals surface area contributed by atoms with Crippen molar-refractivity contribution in [3.05, 3.63) is 52.8 Å². The van der Waals surface area contributed by atoms with Crippen LogP contribution in [-0.4, -0.2) is 59.7 Å². The molecule has 1 atom stereocenters. The van der Waals surface area contributed by atoms with Crippen LogP contribution in [0.2, 0.25) is 0 Å². The second-order valence-electron chi connectivity index (χ2n) is 9.75. The Kier molecular flexibility index (Phi) is 6.16. The molecule has 35 heavy (non-hydrogen) atoms. The summed E-state index contributed by atoms with van der Waals surface area (Å²) in [5.41, 5.74) is 4.24. The lowest BCUT2D eigenvalue weighted by atomic mass is 9.98. The molecule has 3 aromatic rings. The Labute approximate surface area is 206 Å². The molecule has 1 amide bonds. The number of sulfonamides is 1. The van der Waals surface area contributed by atoms with E-state index in [9.17, 15) is 13.2 Å². The van der Waals surface area contributed by atoms with Gasteiger partial charge < -0.3 is 9.80 Å². The van der Waals surface area contributed by atoms with Crippen LogP contribution in [0, 0.1) is 13.8 Å². The molecule has 4 heterocycles. The molecular weight excluding hydrogens is 464 g/mol. The number of hydrogen-bond acceptors (Lipinski definition) is 6. The summed E-state index contributed by atoms with van der Waals surface area (Å²) in [5, 5.41) is 4.87. The van der Waals surface area contributed by atoms with E-state index in [1.807, 2.05) is 22.5 Å². The van der Waals surface area contributed by atoms with Crippen molar-refractivity contribution in [2.45, 2.75) is 52.0 Å². The fourth-order valence-corrected chi connectivity index (χ4v) is 5.76. The highest BCUT2D eigenvalue weighted by molar-refractivity contribution is 7.92. The summed E-state index contributed by atoms with van der Waals surface area (Å²) in [6.45, 7) is 6.59. The normalized spacial score (nSPS) is 18.9. The van der Waals surface area contributed by atoms with Crippen LogP contribution in [0.25, 0.3) is 5.65 Å². The van der Waals surface area contributed by atoms with Crippen LogP contribution in [0.15, 0.2) is 30.5 Å². The van der Waals surface area contributed by atoms with Gasteiger partial charge in [-0.3, -0.25) is 9.52 Å². The van der Waals surface area contributed by atoms with Crippen molar-refractivity contribution in [1.82, 2.24) is 19.5 Å². The number of aryl methyl sites for hydroxylation is 2. The van der Waals surface area contributed by atoms with Gasteiger partial charge in [0.15, 0.2) is 11.5 Å². The number of nitrogens with one attached hydrogen (secondary N) is 1. The van der Waals surface area contributed by atoms with Gasteiger partial charge in [0.2, 0.25) is 10.0 Å². The van der Waals surface area contributed by atoms with E-state index in [-0.39, 0.29) is 11.9 Å². The highest BCUT2D eigenvalue weighted by Gasteiger charge is 2.32. The summed E-state index contributed by atoms with van der Waals surface area (Å²) in [6.07, 6.45) is 8.09. The summed E-state index contributed by atoms with van der Waals surface area (Å²) >= 11 is 0. The summed E-state index contributed by atoms with van der Waals surface area (Å²) in [4.78, 5) is 22.8. The zero-order valence-corrected chi connectivity index (χ0v) is 21.3. The fourth-order valence-electron chi connectivity index (χ4n) is 5.18. The topological polar surface area (TPSA) is 99.9 Å². The molecule has 0 unspecified atom stereocenters. The highest BCUT2D eigenvalue weighted by Crippen LogP contribution is 2.34. The van der Waals surface area contributed by atoms with E-state index in [2.05, 4.69) is 22.6 Å². The Hall–Kier alpha value is -3.14. The van der Waals surface area contributed by atoms with E-state index in [0.29, 0.717) is 17.8 Å². The first-order valence-electron chi connectivity index (χ1n) is 12.2. The summed E-state index contributed by atoms with van der Waals surface area (Å²) in [7, 11) is -3.52. The number of nitrogens with zero attached hydrogens (tertiary/aromatic N) is 5. The first kappa shape index (κ1) is 23.6. The van der Waals surface area contributed by atoms with Crippen molar-refractivity contribution in [2.75, 3.05) is 35.5 Å². The molecule has 0 spiro atoms. The number of carbonyl (C=O) groups excluding carboxylic acids is 1. The fraction of sp³-hybridized carbons (Fsp3) is 0.480. The minimum absolute atomic E-state index is 0.191. The third-order valence-corrected chi connectivity index (χ3v) is 7.44. The van der Waals surface area contributed by atoms with Crippen LogP contribution in [0.5, 0.6) is 0 Å². The van der Waals surface area contributed by atoms with Crippen molar-refractivity contribution in [1.29, 1.82) is 0 Å². The molecule has 2 fully saturated rings. The number of piperidine rings is 1. The number of hydrogen-bond donors (Lipinski definition) is 1. The summed E-state index contributed by atoms with van der Waals surface area (Å²) in [6, 6.07) is 7.07. The molecule has 5 rings (SSSR count). The number of likely N-dealkylation sites (tertiary alicyclic amines) is 1. The van der Waals surface area contributed by atoms with Gasteiger partial charge in [0.1, 0.15) is 0 Å². The van der Waals surface area contributed by atoms with Crippen LogP contribution in [0.1, 0.15) is 65.3 Å². The minimum atomic E-state index is -3.52. The predicted molar refractivity (Wildman–Crippen MR) is 136 cm³/mol. The van der Waals surface area contributed by atoms with E-state index in [1.165, 1.54) is 12.8 Å². The van der Waals surface area contributed by atoms with E-state index in [0.717, 1.165) is 66.9 Å². The van der Waals surface area contributed by atoms with Crippen molar-refractivity contribution in [2.24, 2.45) is 0 Å². The lowest BCUT2D eigenvalue weighted by Gasteiger charge is -2.35. The number of imidazole rings is 1. The van der Waals surface area contributed by atoms with Crippen molar-refractivity contribution < 1.29 is 13.2 Å². The Balaban J connectivity index is 1.50. The molecule has 2 aromatic heterocycles. The maximum atomic E-state index is 13.8. The van der Waals surface area contributed by atoms with Gasteiger partial charge in [-0.1, -0.05) is 11.6 Å². The van der Waals surface area contributed by atoms with E-state index in [1.54, 1.807) is 18.2 Å². The molecule has 0 bridgehead atoms. The quantitative estimate of drug-likeness (QED) is 0.578. The van der Waals surface area contributed by atoms with Crippen LogP contribution >= 0.6 is 0 Å². The second kappa shape index (κ2) is 9.14. The number of rotatable bonds is 5. The highest BCUT2D eigenvalue weighted by atomic mass is 32.2. The lowest BCUT2D eigenvalue weighted by molar-refractivity contribution is 0.0607. The zero-order chi connectivity index (χ0) is 24.7. The first-order chi connectivity index (χ1) is 16.7. The SMILES string of the molecule is Cc1ccc(NS(C)(=O)=O)c(C(=O)N2CCCC[C@H]2c2cn3nc(N4CCCC4)c(C)cc3n2)c1. The maximum absolute atomic E-state index is 13.8. The van der Waals surface area contributed by atoms with E-state index < -0.39 is 10.0 Å². The van der Waals surface area contributed by atoms with Crippen LogP contribution in [0.3, 0.4) is 0 Å². The molecule has 10 heteroatoms. The van der Waals surface area contributed by atoms with Gasteiger partial charge in [-0.25, -0.2) is 17.9 Å². The largest absolute Gasteiger partial charge is 0.355 e. The van der Waals surface area contributed by atoms with Gasteiger partial charge in [-0.2, -0.15) is 0 Å². The lowest BCUT2D eigenvalue weighted by Crippen LogP contribution is -2.39. The van der Waals surface area contributed by atoms with Crippen molar-refractivity contribution in [3.63, 3.8) is 0 Å². The van der Waals surface area contributed by atoms with E-state index >= 15 is 0 Å². The van der Waals surface area contributed by atoms with Gasteiger partial charge in [0.25, 0.3) is 5.91 Å². The molecule has 1 N–H and O–H groups in total. The standard InChI is InChI=1S/C25H32N6O3S/c1-17-9-10-20(28-35(3,33)34)19(14-17)25(32)30-13-5-4-8-22(30)21-16-31-23(26-21)15-18(2)24(27-31)29-11-6-7-12-29/h9-10,14-16,22,28H,4-8,11-13H2,1-3H3/t22-/m0/s1. The molecule has 0 radical (unpaired) electrons. The summed E-state index contributed by atoms with van der Waals surface area (Å²) < 4.78 is 28.2. The van der Waals surface area contributed by atoms with Crippen LogP contribution in [-0.2, 0) is 10.0 Å². The molecule has 0 saturated carbocycles. The monoisotopic (exact) mass is 496 g/mol. The molecule has 1 aromatic carbocycles.